The highest BCUT2D eigenvalue weighted by Gasteiger charge is 2.30. The highest BCUT2D eigenvalue weighted by atomic mass is 16.5. The van der Waals surface area contributed by atoms with Gasteiger partial charge in [-0.15, -0.1) is 0 Å². The molecule has 120 valence electrons. The van der Waals surface area contributed by atoms with Crippen LogP contribution >= 0.6 is 0 Å². The van der Waals surface area contributed by atoms with Gasteiger partial charge in [-0.1, -0.05) is 41.5 Å². The third-order valence-electron chi connectivity index (χ3n) is 4.43. The topological polar surface area (TPSA) is 24.5 Å². The molecule has 1 aliphatic rings. The number of rotatable bonds is 8. The van der Waals surface area contributed by atoms with Crippen molar-refractivity contribution in [3.8, 4) is 0 Å². The summed E-state index contributed by atoms with van der Waals surface area (Å²) in [5.41, 5.74) is 0. The second-order valence-electron chi connectivity index (χ2n) is 7.36. The summed E-state index contributed by atoms with van der Waals surface area (Å²) in [6.07, 6.45) is 1.17. The predicted molar refractivity (Wildman–Crippen MR) is 87.1 cm³/mol. The molecule has 20 heavy (non-hydrogen) atoms. The quantitative estimate of drug-likeness (QED) is 0.694. The molecule has 2 unspecified atom stereocenters. The molecule has 3 heteroatoms. The van der Waals surface area contributed by atoms with E-state index in [1.807, 2.05) is 0 Å². The van der Waals surface area contributed by atoms with Crippen LogP contribution in [0.1, 0.15) is 48.0 Å². The number of ether oxygens (including phenoxy) is 1. The summed E-state index contributed by atoms with van der Waals surface area (Å²) >= 11 is 0. The van der Waals surface area contributed by atoms with Gasteiger partial charge in [0.2, 0.25) is 0 Å². The van der Waals surface area contributed by atoms with Gasteiger partial charge < -0.3 is 10.1 Å². The van der Waals surface area contributed by atoms with Gasteiger partial charge in [0, 0.05) is 38.3 Å². The molecule has 1 N–H and O–H groups in total. The maximum atomic E-state index is 5.81. The number of nitrogens with zero attached hydrogens (tertiary/aromatic N) is 1. The van der Waals surface area contributed by atoms with Crippen molar-refractivity contribution in [3.05, 3.63) is 0 Å². The number of nitrogens with one attached hydrogen (secondary N) is 1. The molecule has 1 heterocycles. The Morgan fingerprint density at radius 1 is 1.05 bits per heavy atom. The van der Waals surface area contributed by atoms with Crippen molar-refractivity contribution in [2.24, 2.45) is 17.8 Å². The maximum Gasteiger partial charge on any atom is 0.0593 e. The van der Waals surface area contributed by atoms with Gasteiger partial charge >= 0.3 is 0 Å². The predicted octanol–water partition coefficient (Wildman–Crippen LogP) is 3.00. The Morgan fingerprint density at radius 3 is 2.30 bits per heavy atom. The van der Waals surface area contributed by atoms with Gasteiger partial charge in [-0.25, -0.2) is 0 Å². The number of hydrogen-bond acceptors (Lipinski definition) is 3. The van der Waals surface area contributed by atoms with Gasteiger partial charge in [0.05, 0.1) is 6.61 Å². The fraction of sp³-hybridized carbons (Fsp3) is 1.00. The molecule has 0 amide bonds. The molecule has 0 radical (unpaired) electrons. The lowest BCUT2D eigenvalue weighted by Crippen LogP contribution is -2.60. The van der Waals surface area contributed by atoms with Crippen LogP contribution in [0.15, 0.2) is 0 Å². The van der Waals surface area contributed by atoms with Gasteiger partial charge in [-0.05, 0) is 24.2 Å². The molecule has 1 aliphatic heterocycles. The van der Waals surface area contributed by atoms with Crippen molar-refractivity contribution >= 4 is 0 Å². The van der Waals surface area contributed by atoms with Gasteiger partial charge in [-0.2, -0.15) is 0 Å². The Kier molecular flexibility index (Phi) is 8.08. The summed E-state index contributed by atoms with van der Waals surface area (Å²) in [5, 5.41) is 3.71. The Morgan fingerprint density at radius 2 is 1.75 bits per heavy atom. The Bertz CT molecular complexity index is 253. The zero-order chi connectivity index (χ0) is 15.1. The highest BCUT2D eigenvalue weighted by molar-refractivity contribution is 4.88. The van der Waals surface area contributed by atoms with Gasteiger partial charge in [0.25, 0.3) is 0 Å². The van der Waals surface area contributed by atoms with Crippen molar-refractivity contribution in [2.75, 3.05) is 32.8 Å². The lowest BCUT2D eigenvalue weighted by Gasteiger charge is -2.43. The zero-order valence-electron chi connectivity index (χ0n) is 14.5. The van der Waals surface area contributed by atoms with E-state index in [2.05, 4.69) is 51.8 Å². The van der Waals surface area contributed by atoms with Crippen LogP contribution in [0.4, 0.5) is 0 Å². The van der Waals surface area contributed by atoms with Gasteiger partial charge in [0.1, 0.15) is 0 Å². The van der Waals surface area contributed by atoms with Crippen molar-refractivity contribution in [3.63, 3.8) is 0 Å². The first kappa shape index (κ1) is 17.9. The van der Waals surface area contributed by atoms with E-state index in [1.165, 1.54) is 6.42 Å². The van der Waals surface area contributed by atoms with E-state index in [0.29, 0.717) is 23.9 Å². The smallest absolute Gasteiger partial charge is 0.0593 e. The fourth-order valence-electron chi connectivity index (χ4n) is 2.82. The molecule has 0 aromatic heterocycles. The Balaban J connectivity index is 2.36. The molecule has 1 fully saturated rings. The summed E-state index contributed by atoms with van der Waals surface area (Å²) in [4.78, 5) is 2.64. The Labute approximate surface area is 126 Å². The fourth-order valence-corrected chi connectivity index (χ4v) is 2.82. The molecule has 0 saturated carbocycles. The highest BCUT2D eigenvalue weighted by Crippen LogP contribution is 2.18. The second-order valence-corrected chi connectivity index (χ2v) is 7.36. The van der Waals surface area contributed by atoms with Crippen molar-refractivity contribution in [1.29, 1.82) is 0 Å². The SMILES string of the molecule is CC(C)CCOCCN1CC(C(C)C)NCC1C(C)C. The molecule has 1 saturated heterocycles. The number of piperazine rings is 1. The standard InChI is InChI=1S/C17H36N2O/c1-13(2)7-9-20-10-8-19-12-16(14(3)4)18-11-17(19)15(5)6/h13-18H,7-12H2,1-6H3. The van der Waals surface area contributed by atoms with E-state index < -0.39 is 0 Å². The van der Waals surface area contributed by atoms with Crippen LogP contribution in [0.2, 0.25) is 0 Å². The molecule has 2 atom stereocenters. The summed E-state index contributed by atoms with van der Waals surface area (Å²) < 4.78 is 5.81. The zero-order valence-corrected chi connectivity index (χ0v) is 14.5. The molecule has 0 aliphatic carbocycles. The normalized spacial score (nSPS) is 25.1. The van der Waals surface area contributed by atoms with Crippen molar-refractivity contribution in [1.82, 2.24) is 10.2 Å². The first-order chi connectivity index (χ1) is 9.41. The molecular weight excluding hydrogens is 248 g/mol. The van der Waals surface area contributed by atoms with Crippen molar-refractivity contribution < 1.29 is 4.74 Å². The average Bonchev–Trinajstić information content (AvgIpc) is 2.37. The minimum atomic E-state index is 0.626. The van der Waals surface area contributed by atoms with E-state index in [1.54, 1.807) is 0 Å². The summed E-state index contributed by atoms with van der Waals surface area (Å²) in [6, 6.07) is 1.28. The second kappa shape index (κ2) is 9.01. The molecule has 0 bridgehead atoms. The van der Waals surface area contributed by atoms with Crippen LogP contribution < -0.4 is 5.32 Å². The lowest BCUT2D eigenvalue weighted by atomic mass is 9.94. The first-order valence-electron chi connectivity index (χ1n) is 8.47. The summed E-state index contributed by atoms with van der Waals surface area (Å²) in [7, 11) is 0. The van der Waals surface area contributed by atoms with Crippen LogP contribution in [0, 0.1) is 17.8 Å². The molecular formula is C17H36N2O. The first-order valence-corrected chi connectivity index (χ1v) is 8.47. The lowest BCUT2D eigenvalue weighted by molar-refractivity contribution is 0.0411. The Hall–Kier alpha value is -0.120. The van der Waals surface area contributed by atoms with E-state index in [-0.39, 0.29) is 0 Å². The summed E-state index contributed by atoms with van der Waals surface area (Å²) in [5.74, 6) is 2.14. The molecule has 0 aromatic carbocycles. The van der Waals surface area contributed by atoms with Crippen LogP contribution in [-0.2, 0) is 4.74 Å². The largest absolute Gasteiger partial charge is 0.380 e. The number of hydrogen-bond donors (Lipinski definition) is 1. The van der Waals surface area contributed by atoms with Crippen LogP contribution in [-0.4, -0.2) is 49.8 Å². The van der Waals surface area contributed by atoms with Crippen LogP contribution in [0.25, 0.3) is 0 Å². The third-order valence-corrected chi connectivity index (χ3v) is 4.43. The monoisotopic (exact) mass is 284 g/mol. The van der Waals surface area contributed by atoms with Crippen LogP contribution in [0.3, 0.4) is 0 Å². The third kappa shape index (κ3) is 6.11. The molecule has 0 aromatic rings. The minimum Gasteiger partial charge on any atom is -0.380 e. The van der Waals surface area contributed by atoms with Gasteiger partial charge in [-0.3, -0.25) is 4.90 Å². The van der Waals surface area contributed by atoms with Crippen molar-refractivity contribution in [2.45, 2.75) is 60.0 Å². The van der Waals surface area contributed by atoms with E-state index in [0.717, 1.165) is 38.8 Å². The van der Waals surface area contributed by atoms with E-state index >= 15 is 0 Å². The van der Waals surface area contributed by atoms with Crippen LogP contribution in [0.5, 0.6) is 0 Å². The molecule has 1 rings (SSSR count). The minimum absolute atomic E-state index is 0.626. The van der Waals surface area contributed by atoms with E-state index in [9.17, 15) is 0 Å². The van der Waals surface area contributed by atoms with E-state index in [4.69, 9.17) is 4.74 Å². The average molecular weight is 284 g/mol. The maximum absolute atomic E-state index is 5.81. The molecule has 0 spiro atoms. The van der Waals surface area contributed by atoms with Gasteiger partial charge in [0.15, 0.2) is 0 Å². The molecule has 3 nitrogen and oxygen atoms in total. The summed E-state index contributed by atoms with van der Waals surface area (Å²) in [6.45, 7) is 18.9.